The third-order valence-electron chi connectivity index (χ3n) is 3.63. The topological polar surface area (TPSA) is 83.5 Å². The summed E-state index contributed by atoms with van der Waals surface area (Å²) in [6, 6.07) is 1.56. The summed E-state index contributed by atoms with van der Waals surface area (Å²) < 4.78 is 27.7. The molecule has 1 rings (SSSR count). The first kappa shape index (κ1) is 17.7. The number of hydrogen-bond acceptors (Lipinski definition) is 3. The molecule has 0 saturated carbocycles. The molecule has 0 aliphatic carbocycles. The molecule has 0 aromatic heterocycles. The van der Waals surface area contributed by atoms with E-state index in [-0.39, 0.29) is 17.4 Å². The summed E-state index contributed by atoms with van der Waals surface area (Å²) >= 11 is 0. The molecule has 1 aromatic rings. The van der Waals surface area contributed by atoms with Crippen LogP contribution in [0.4, 0.5) is 0 Å². The van der Waals surface area contributed by atoms with E-state index in [4.69, 9.17) is 5.11 Å². The average molecular weight is 313 g/mol. The summed E-state index contributed by atoms with van der Waals surface area (Å²) in [4.78, 5) is 11.2. The second-order valence-corrected chi connectivity index (χ2v) is 7.09. The highest BCUT2D eigenvalue weighted by molar-refractivity contribution is 7.89. The van der Waals surface area contributed by atoms with E-state index in [9.17, 15) is 13.2 Å². The Morgan fingerprint density at radius 2 is 1.86 bits per heavy atom. The van der Waals surface area contributed by atoms with Crippen LogP contribution in [0.3, 0.4) is 0 Å². The van der Waals surface area contributed by atoms with Gasteiger partial charge >= 0.3 is 5.97 Å². The van der Waals surface area contributed by atoms with Crippen molar-refractivity contribution >= 4 is 16.0 Å². The van der Waals surface area contributed by atoms with Gasteiger partial charge in [-0.2, -0.15) is 0 Å². The van der Waals surface area contributed by atoms with E-state index in [0.717, 1.165) is 5.56 Å². The standard InChI is InChI=1S/C15H23NO4S/c1-6-11(4)16-21(19,20)15-10(3)7-9(2)13(12(15)5)8-14(17)18/h7,11,16H,6,8H2,1-5H3,(H,17,18). The van der Waals surface area contributed by atoms with Crippen molar-refractivity contribution in [1.29, 1.82) is 0 Å². The molecule has 2 N–H and O–H groups in total. The van der Waals surface area contributed by atoms with Crippen LogP contribution in [0.2, 0.25) is 0 Å². The second-order valence-electron chi connectivity index (χ2n) is 5.44. The third-order valence-corrected chi connectivity index (χ3v) is 5.50. The molecule has 0 bridgehead atoms. The highest BCUT2D eigenvalue weighted by Gasteiger charge is 2.24. The van der Waals surface area contributed by atoms with E-state index >= 15 is 0 Å². The average Bonchev–Trinajstić information content (AvgIpc) is 2.32. The molecule has 0 spiro atoms. The van der Waals surface area contributed by atoms with Gasteiger partial charge in [0.05, 0.1) is 11.3 Å². The summed E-state index contributed by atoms with van der Waals surface area (Å²) in [5.74, 6) is -0.969. The molecule has 6 heteroatoms. The van der Waals surface area contributed by atoms with Crippen molar-refractivity contribution in [3.05, 3.63) is 28.3 Å². The molecule has 0 heterocycles. The smallest absolute Gasteiger partial charge is 0.307 e. The summed E-state index contributed by atoms with van der Waals surface area (Å²) in [5.41, 5.74) is 2.52. The largest absolute Gasteiger partial charge is 0.481 e. The molecule has 0 aliphatic rings. The Morgan fingerprint density at radius 3 is 2.33 bits per heavy atom. The first-order valence-electron chi connectivity index (χ1n) is 6.94. The van der Waals surface area contributed by atoms with E-state index in [1.54, 1.807) is 33.8 Å². The molecular formula is C15H23NO4S. The van der Waals surface area contributed by atoms with Crippen LogP contribution in [0.1, 0.15) is 42.5 Å². The van der Waals surface area contributed by atoms with Crippen molar-refractivity contribution in [2.75, 3.05) is 0 Å². The van der Waals surface area contributed by atoms with E-state index in [1.807, 2.05) is 6.92 Å². The second kappa shape index (κ2) is 6.58. The van der Waals surface area contributed by atoms with Crippen molar-refractivity contribution in [3.63, 3.8) is 0 Å². The molecule has 0 aliphatic heterocycles. The van der Waals surface area contributed by atoms with E-state index in [2.05, 4.69) is 4.72 Å². The minimum Gasteiger partial charge on any atom is -0.481 e. The number of hydrogen-bond donors (Lipinski definition) is 2. The van der Waals surface area contributed by atoms with Gasteiger partial charge < -0.3 is 5.11 Å². The number of carboxylic acids is 1. The van der Waals surface area contributed by atoms with Crippen LogP contribution in [-0.4, -0.2) is 25.5 Å². The van der Waals surface area contributed by atoms with Crippen molar-refractivity contribution in [2.45, 2.75) is 58.4 Å². The number of benzene rings is 1. The van der Waals surface area contributed by atoms with E-state index in [1.165, 1.54) is 0 Å². The molecule has 0 fully saturated rings. The minimum absolute atomic E-state index is 0.168. The van der Waals surface area contributed by atoms with Crippen LogP contribution in [0.15, 0.2) is 11.0 Å². The Hall–Kier alpha value is -1.40. The SMILES string of the molecule is CCC(C)NS(=O)(=O)c1c(C)cc(C)c(CC(=O)O)c1C. The van der Waals surface area contributed by atoms with Gasteiger partial charge in [-0.25, -0.2) is 13.1 Å². The lowest BCUT2D eigenvalue weighted by atomic mass is 9.97. The number of nitrogens with one attached hydrogen (secondary N) is 1. The zero-order chi connectivity index (χ0) is 16.4. The van der Waals surface area contributed by atoms with Crippen molar-refractivity contribution in [1.82, 2.24) is 4.72 Å². The lowest BCUT2D eigenvalue weighted by Crippen LogP contribution is -2.33. The molecule has 1 aromatic carbocycles. The van der Waals surface area contributed by atoms with E-state index < -0.39 is 16.0 Å². The lowest BCUT2D eigenvalue weighted by molar-refractivity contribution is -0.136. The van der Waals surface area contributed by atoms with Gasteiger partial charge in [0.2, 0.25) is 10.0 Å². The summed E-state index contributed by atoms with van der Waals surface area (Å²) in [6.07, 6.45) is 0.509. The number of aliphatic carboxylic acids is 1. The number of carboxylic acid groups (broad SMARTS) is 1. The fourth-order valence-electron chi connectivity index (χ4n) is 2.45. The zero-order valence-corrected chi connectivity index (χ0v) is 14.0. The zero-order valence-electron chi connectivity index (χ0n) is 13.1. The molecule has 1 atom stereocenters. The number of carbonyl (C=O) groups is 1. The number of sulfonamides is 1. The van der Waals surface area contributed by atoms with Crippen LogP contribution in [0.5, 0.6) is 0 Å². The van der Waals surface area contributed by atoms with Gasteiger partial charge in [0.1, 0.15) is 0 Å². The van der Waals surface area contributed by atoms with Crippen LogP contribution in [-0.2, 0) is 21.2 Å². The van der Waals surface area contributed by atoms with Crippen LogP contribution in [0.25, 0.3) is 0 Å². The van der Waals surface area contributed by atoms with Crippen LogP contribution in [0, 0.1) is 20.8 Å². The quantitative estimate of drug-likeness (QED) is 0.844. The fraction of sp³-hybridized carbons (Fsp3) is 0.533. The molecule has 0 amide bonds. The highest BCUT2D eigenvalue weighted by atomic mass is 32.2. The molecule has 5 nitrogen and oxygen atoms in total. The first-order chi connectivity index (χ1) is 9.60. The number of aryl methyl sites for hydroxylation is 2. The molecule has 118 valence electrons. The van der Waals surface area contributed by atoms with Gasteiger partial charge in [-0.15, -0.1) is 0 Å². The Kier molecular flexibility index (Phi) is 5.53. The molecule has 21 heavy (non-hydrogen) atoms. The fourth-order valence-corrected chi connectivity index (χ4v) is 4.27. The summed E-state index contributed by atoms with van der Waals surface area (Å²) in [5, 5.41) is 9.00. The van der Waals surface area contributed by atoms with Gasteiger partial charge in [-0.3, -0.25) is 4.79 Å². The Bertz CT molecular complexity index is 650. The Labute approximate surface area is 126 Å². The number of rotatable bonds is 6. The van der Waals surface area contributed by atoms with Gasteiger partial charge in [0.25, 0.3) is 0 Å². The molecule has 0 saturated heterocycles. The third kappa shape index (κ3) is 4.04. The Morgan fingerprint density at radius 1 is 1.29 bits per heavy atom. The summed E-state index contributed by atoms with van der Waals surface area (Å²) in [7, 11) is -3.65. The molecule has 1 unspecified atom stereocenters. The Balaban J connectivity index is 3.46. The van der Waals surface area contributed by atoms with Gasteiger partial charge in [0, 0.05) is 6.04 Å². The maximum absolute atomic E-state index is 12.5. The maximum Gasteiger partial charge on any atom is 0.307 e. The first-order valence-corrected chi connectivity index (χ1v) is 8.42. The normalized spacial score (nSPS) is 13.2. The van der Waals surface area contributed by atoms with Crippen molar-refractivity contribution < 1.29 is 18.3 Å². The van der Waals surface area contributed by atoms with Gasteiger partial charge in [0.15, 0.2) is 0 Å². The summed E-state index contributed by atoms with van der Waals surface area (Å²) in [6.45, 7) is 8.91. The van der Waals surface area contributed by atoms with Gasteiger partial charge in [-0.1, -0.05) is 13.0 Å². The molecular weight excluding hydrogens is 290 g/mol. The van der Waals surface area contributed by atoms with Gasteiger partial charge in [-0.05, 0) is 56.4 Å². The predicted octanol–water partition coefficient (Wildman–Crippen LogP) is 2.32. The monoisotopic (exact) mass is 313 g/mol. The maximum atomic E-state index is 12.5. The van der Waals surface area contributed by atoms with E-state index in [0.29, 0.717) is 23.1 Å². The minimum atomic E-state index is -3.65. The molecule has 0 radical (unpaired) electrons. The van der Waals surface area contributed by atoms with Crippen molar-refractivity contribution in [3.8, 4) is 0 Å². The predicted molar refractivity (Wildman–Crippen MR) is 82.1 cm³/mol. The van der Waals surface area contributed by atoms with Crippen LogP contribution >= 0.6 is 0 Å². The lowest BCUT2D eigenvalue weighted by Gasteiger charge is -2.19. The van der Waals surface area contributed by atoms with Crippen LogP contribution < -0.4 is 4.72 Å². The van der Waals surface area contributed by atoms with Crippen molar-refractivity contribution in [2.24, 2.45) is 0 Å². The highest BCUT2D eigenvalue weighted by Crippen LogP contribution is 2.27.